The highest BCUT2D eigenvalue weighted by atomic mass is 32.1. The van der Waals surface area contributed by atoms with Crippen LogP contribution in [0, 0.1) is 4.64 Å². The Morgan fingerprint density at radius 3 is 2.67 bits per heavy atom. The number of nitrogens with one attached hydrogen (secondary N) is 1. The Kier molecular flexibility index (Phi) is 3.77. The van der Waals surface area contributed by atoms with E-state index in [1.165, 1.54) is 0 Å². The molecule has 1 aromatic heterocycles. The first-order valence-electron chi connectivity index (χ1n) is 5.86. The molecule has 1 aromatic carbocycles. The fourth-order valence-corrected chi connectivity index (χ4v) is 1.98. The number of H-pyrrole nitrogens is 1. The number of benzene rings is 1. The maximum absolute atomic E-state index is 5.37. The van der Waals surface area contributed by atoms with Crippen LogP contribution in [0.15, 0.2) is 30.3 Å². The molecule has 0 aliphatic rings. The number of aromatic amines is 1. The number of hydrogen-bond donors (Lipinski definition) is 1. The Hall–Kier alpha value is -1.68. The van der Waals surface area contributed by atoms with Gasteiger partial charge in [0, 0.05) is 11.5 Å². The fraction of sp³-hybridized carbons (Fsp3) is 0.286. The highest BCUT2D eigenvalue weighted by Gasteiger charge is 2.08. The second kappa shape index (κ2) is 5.31. The van der Waals surface area contributed by atoms with E-state index in [1.807, 2.05) is 30.3 Å². The van der Waals surface area contributed by atoms with Gasteiger partial charge in [-0.1, -0.05) is 38.2 Å². The SMILES string of the molecule is COc1ccccc1-c1cc(=S)nc(C(C)C)[nH]1. The second-order valence-electron chi connectivity index (χ2n) is 4.37. The van der Waals surface area contributed by atoms with E-state index in [1.54, 1.807) is 7.11 Å². The van der Waals surface area contributed by atoms with Crippen molar-refractivity contribution in [3.63, 3.8) is 0 Å². The van der Waals surface area contributed by atoms with Gasteiger partial charge in [0.2, 0.25) is 0 Å². The molecular weight excluding hydrogens is 244 g/mol. The van der Waals surface area contributed by atoms with Crippen molar-refractivity contribution in [2.45, 2.75) is 19.8 Å². The van der Waals surface area contributed by atoms with Gasteiger partial charge in [-0.2, -0.15) is 0 Å². The molecule has 0 aliphatic heterocycles. The van der Waals surface area contributed by atoms with Crippen molar-refractivity contribution in [2.75, 3.05) is 7.11 Å². The maximum Gasteiger partial charge on any atom is 0.130 e. The Morgan fingerprint density at radius 2 is 2.00 bits per heavy atom. The van der Waals surface area contributed by atoms with E-state index in [4.69, 9.17) is 17.0 Å². The predicted octanol–water partition coefficient (Wildman–Crippen LogP) is 3.94. The molecule has 0 bridgehead atoms. The zero-order chi connectivity index (χ0) is 13.1. The minimum atomic E-state index is 0.307. The number of para-hydroxylation sites is 1. The van der Waals surface area contributed by atoms with Crippen molar-refractivity contribution in [1.82, 2.24) is 9.97 Å². The monoisotopic (exact) mass is 260 g/mol. The Labute approximate surface area is 112 Å². The summed E-state index contributed by atoms with van der Waals surface area (Å²) in [6, 6.07) is 9.72. The minimum Gasteiger partial charge on any atom is -0.496 e. The lowest BCUT2D eigenvalue weighted by Gasteiger charge is -2.11. The third-order valence-corrected chi connectivity index (χ3v) is 2.91. The number of nitrogens with zero attached hydrogens (tertiary/aromatic N) is 1. The quantitative estimate of drug-likeness (QED) is 0.849. The summed E-state index contributed by atoms with van der Waals surface area (Å²) < 4.78 is 5.96. The van der Waals surface area contributed by atoms with Gasteiger partial charge in [0.1, 0.15) is 16.2 Å². The van der Waals surface area contributed by atoms with E-state index in [0.29, 0.717) is 10.6 Å². The minimum absolute atomic E-state index is 0.307. The van der Waals surface area contributed by atoms with Gasteiger partial charge in [-0.25, -0.2) is 4.98 Å². The van der Waals surface area contributed by atoms with Gasteiger partial charge >= 0.3 is 0 Å². The van der Waals surface area contributed by atoms with Gasteiger partial charge in [-0.3, -0.25) is 0 Å². The largest absolute Gasteiger partial charge is 0.496 e. The molecule has 2 rings (SSSR count). The molecule has 0 unspecified atom stereocenters. The smallest absolute Gasteiger partial charge is 0.130 e. The fourth-order valence-electron chi connectivity index (χ4n) is 1.76. The Balaban J connectivity index is 2.60. The molecule has 1 N–H and O–H groups in total. The van der Waals surface area contributed by atoms with E-state index in [2.05, 4.69) is 23.8 Å². The molecule has 18 heavy (non-hydrogen) atoms. The van der Waals surface area contributed by atoms with Gasteiger partial charge in [-0.15, -0.1) is 0 Å². The van der Waals surface area contributed by atoms with Gasteiger partial charge in [0.25, 0.3) is 0 Å². The first-order valence-corrected chi connectivity index (χ1v) is 6.27. The standard InChI is InChI=1S/C14H16N2OS/c1-9(2)14-15-11(8-13(18)16-14)10-6-4-5-7-12(10)17-3/h4-9H,1-3H3,(H,15,16,18). The van der Waals surface area contributed by atoms with E-state index >= 15 is 0 Å². The van der Waals surface area contributed by atoms with Crippen LogP contribution in [0.4, 0.5) is 0 Å². The third kappa shape index (κ3) is 2.59. The summed E-state index contributed by atoms with van der Waals surface area (Å²) in [5.41, 5.74) is 1.94. The Morgan fingerprint density at radius 1 is 1.28 bits per heavy atom. The molecule has 4 heteroatoms. The van der Waals surface area contributed by atoms with Crippen molar-refractivity contribution >= 4 is 12.2 Å². The summed E-state index contributed by atoms with van der Waals surface area (Å²) >= 11 is 5.21. The molecule has 3 nitrogen and oxygen atoms in total. The number of aromatic nitrogens is 2. The molecule has 0 radical (unpaired) electrons. The van der Waals surface area contributed by atoms with Crippen LogP contribution < -0.4 is 4.74 Å². The van der Waals surface area contributed by atoms with Crippen LogP contribution >= 0.6 is 12.2 Å². The summed E-state index contributed by atoms with van der Waals surface area (Å²) in [6.07, 6.45) is 0. The van der Waals surface area contributed by atoms with Crippen molar-refractivity contribution in [2.24, 2.45) is 0 Å². The molecular formula is C14H16N2OS. The lowest BCUT2D eigenvalue weighted by Crippen LogP contribution is -2.00. The van der Waals surface area contributed by atoms with Crippen LogP contribution in [-0.4, -0.2) is 17.1 Å². The van der Waals surface area contributed by atoms with E-state index in [-0.39, 0.29) is 0 Å². The first kappa shape index (κ1) is 12.8. The summed E-state index contributed by atoms with van der Waals surface area (Å²) in [4.78, 5) is 7.65. The highest BCUT2D eigenvalue weighted by Crippen LogP contribution is 2.28. The lowest BCUT2D eigenvalue weighted by atomic mass is 10.1. The van der Waals surface area contributed by atoms with Gasteiger partial charge < -0.3 is 9.72 Å². The normalized spacial score (nSPS) is 10.7. The van der Waals surface area contributed by atoms with Gasteiger partial charge in [0.15, 0.2) is 0 Å². The van der Waals surface area contributed by atoms with Gasteiger partial charge in [0.05, 0.1) is 12.8 Å². The van der Waals surface area contributed by atoms with Crippen LogP contribution in [0.2, 0.25) is 0 Å². The van der Waals surface area contributed by atoms with Crippen LogP contribution in [-0.2, 0) is 0 Å². The number of hydrogen-bond acceptors (Lipinski definition) is 3. The predicted molar refractivity (Wildman–Crippen MR) is 75.5 cm³/mol. The highest BCUT2D eigenvalue weighted by molar-refractivity contribution is 7.71. The van der Waals surface area contributed by atoms with Crippen molar-refractivity contribution in [3.8, 4) is 17.0 Å². The molecule has 2 aromatic rings. The van der Waals surface area contributed by atoms with E-state index in [0.717, 1.165) is 22.8 Å². The van der Waals surface area contributed by atoms with Crippen molar-refractivity contribution in [3.05, 3.63) is 40.8 Å². The number of methoxy groups -OCH3 is 1. The maximum atomic E-state index is 5.37. The molecule has 0 atom stereocenters. The van der Waals surface area contributed by atoms with Crippen LogP contribution in [0.3, 0.4) is 0 Å². The van der Waals surface area contributed by atoms with Crippen LogP contribution in [0.25, 0.3) is 11.3 Å². The zero-order valence-electron chi connectivity index (χ0n) is 10.7. The third-order valence-electron chi connectivity index (χ3n) is 2.71. The van der Waals surface area contributed by atoms with Crippen molar-refractivity contribution in [1.29, 1.82) is 0 Å². The number of ether oxygens (including phenoxy) is 1. The molecule has 1 heterocycles. The van der Waals surface area contributed by atoms with Gasteiger partial charge in [-0.05, 0) is 18.2 Å². The van der Waals surface area contributed by atoms with Crippen LogP contribution in [0.1, 0.15) is 25.6 Å². The average molecular weight is 260 g/mol. The zero-order valence-corrected chi connectivity index (χ0v) is 11.5. The summed E-state index contributed by atoms with van der Waals surface area (Å²) in [5.74, 6) is 2.02. The second-order valence-corrected chi connectivity index (χ2v) is 4.79. The number of rotatable bonds is 3. The Bertz CT molecular complexity index is 605. The van der Waals surface area contributed by atoms with Crippen LogP contribution in [0.5, 0.6) is 5.75 Å². The molecule has 94 valence electrons. The topological polar surface area (TPSA) is 37.9 Å². The summed E-state index contributed by atoms with van der Waals surface area (Å²) in [7, 11) is 1.66. The lowest BCUT2D eigenvalue weighted by molar-refractivity contribution is 0.416. The molecule has 0 saturated carbocycles. The summed E-state index contributed by atoms with van der Waals surface area (Å²) in [5, 5.41) is 0. The molecule has 0 fully saturated rings. The average Bonchev–Trinajstić information content (AvgIpc) is 2.38. The molecule has 0 saturated heterocycles. The molecule has 0 aliphatic carbocycles. The van der Waals surface area contributed by atoms with E-state index in [9.17, 15) is 0 Å². The first-order chi connectivity index (χ1) is 8.61. The van der Waals surface area contributed by atoms with Crippen molar-refractivity contribution < 1.29 is 4.74 Å². The summed E-state index contributed by atoms with van der Waals surface area (Å²) in [6.45, 7) is 4.17. The van der Waals surface area contributed by atoms with E-state index < -0.39 is 0 Å². The molecule has 0 amide bonds. The molecule has 0 spiro atoms.